The van der Waals surface area contributed by atoms with Crippen molar-refractivity contribution in [3.8, 4) is 0 Å². The Labute approximate surface area is 124 Å². The van der Waals surface area contributed by atoms with Crippen molar-refractivity contribution in [3.05, 3.63) is 34.3 Å². The van der Waals surface area contributed by atoms with Gasteiger partial charge in [-0.25, -0.2) is 4.79 Å². The summed E-state index contributed by atoms with van der Waals surface area (Å²) in [6.45, 7) is 1.08. The van der Waals surface area contributed by atoms with Crippen LogP contribution in [0, 0.1) is 0 Å². The van der Waals surface area contributed by atoms with Crippen molar-refractivity contribution >= 4 is 32.8 Å². The number of hydrogen-bond donors (Lipinski definition) is 2. The van der Waals surface area contributed by atoms with Gasteiger partial charge >= 0.3 is 6.03 Å². The Morgan fingerprint density at radius 2 is 2.05 bits per heavy atom. The van der Waals surface area contributed by atoms with Gasteiger partial charge in [0.1, 0.15) is 0 Å². The fourth-order valence-corrected chi connectivity index (χ4v) is 2.39. The lowest BCUT2D eigenvalue weighted by Gasteiger charge is -2.07. The van der Waals surface area contributed by atoms with Gasteiger partial charge in [0.15, 0.2) is 0 Å². The van der Waals surface area contributed by atoms with Crippen molar-refractivity contribution in [3.63, 3.8) is 0 Å². The highest BCUT2D eigenvalue weighted by Gasteiger charge is 2.00. The van der Waals surface area contributed by atoms with Crippen LogP contribution in [-0.4, -0.2) is 35.3 Å². The summed E-state index contributed by atoms with van der Waals surface area (Å²) in [6, 6.07) is 7.95. The summed E-state index contributed by atoms with van der Waals surface area (Å²) < 4.78 is 11.9. The Morgan fingerprint density at radius 3 is 2.74 bits per heavy atom. The van der Waals surface area contributed by atoms with Crippen molar-refractivity contribution in [2.45, 2.75) is 12.8 Å². The van der Waals surface area contributed by atoms with E-state index in [4.69, 9.17) is 0 Å². The zero-order valence-corrected chi connectivity index (χ0v) is 13.4. The topological polar surface area (TPSA) is 58.2 Å². The summed E-state index contributed by atoms with van der Waals surface area (Å²) in [5.41, 5.74) is 1.25. The highest BCUT2D eigenvalue weighted by molar-refractivity contribution is 9.10. The molecule has 1 unspecified atom stereocenters. The lowest BCUT2D eigenvalue weighted by Crippen LogP contribution is -2.38. The van der Waals surface area contributed by atoms with Crippen LogP contribution in [0.4, 0.5) is 4.79 Å². The minimum atomic E-state index is -0.863. The number of urea groups is 1. The molecule has 1 atom stereocenters. The summed E-state index contributed by atoms with van der Waals surface area (Å²) in [4.78, 5) is 11.4. The molecule has 0 aliphatic rings. The highest BCUT2D eigenvalue weighted by Crippen LogP contribution is 2.12. The van der Waals surface area contributed by atoms with Crippen LogP contribution >= 0.6 is 15.9 Å². The lowest BCUT2D eigenvalue weighted by molar-refractivity contribution is 0.241. The second kappa shape index (κ2) is 9.09. The Morgan fingerprint density at radius 1 is 1.32 bits per heavy atom. The maximum absolute atomic E-state index is 11.4. The molecule has 2 amide bonds. The van der Waals surface area contributed by atoms with E-state index < -0.39 is 10.8 Å². The Balaban J connectivity index is 2.10. The molecule has 106 valence electrons. The minimum Gasteiger partial charge on any atom is -0.338 e. The molecule has 1 aromatic carbocycles. The molecule has 0 spiro atoms. The van der Waals surface area contributed by atoms with Gasteiger partial charge in [-0.1, -0.05) is 28.1 Å². The molecule has 4 nitrogen and oxygen atoms in total. The molecule has 0 radical (unpaired) electrons. The number of amides is 2. The fraction of sp³-hybridized carbons (Fsp3) is 0.462. The van der Waals surface area contributed by atoms with Crippen molar-refractivity contribution in [1.29, 1.82) is 0 Å². The second-order valence-corrected chi connectivity index (χ2v) is 6.66. The van der Waals surface area contributed by atoms with Gasteiger partial charge in [-0.05, 0) is 30.5 Å². The fourth-order valence-electron chi connectivity index (χ4n) is 1.56. The number of benzene rings is 1. The molecule has 1 aromatic rings. The average molecular weight is 347 g/mol. The SMILES string of the molecule is CS(=O)CCNC(=O)NCCCc1cccc(Br)c1. The van der Waals surface area contributed by atoms with Crippen LogP contribution in [-0.2, 0) is 17.2 Å². The van der Waals surface area contributed by atoms with E-state index in [0.29, 0.717) is 18.8 Å². The van der Waals surface area contributed by atoms with E-state index in [2.05, 4.69) is 38.7 Å². The van der Waals surface area contributed by atoms with Gasteiger partial charge in [0.25, 0.3) is 0 Å². The Kier molecular flexibility index (Phi) is 7.74. The molecule has 0 aliphatic carbocycles. The first-order valence-corrected chi connectivity index (χ1v) is 8.66. The van der Waals surface area contributed by atoms with E-state index in [1.807, 2.05) is 12.1 Å². The standard InChI is InChI=1S/C13H19BrN2O2S/c1-19(18)9-8-16-13(17)15-7-3-5-11-4-2-6-12(14)10-11/h2,4,6,10H,3,5,7-9H2,1H3,(H2,15,16,17). The zero-order chi connectivity index (χ0) is 14.1. The molecule has 0 bridgehead atoms. The van der Waals surface area contributed by atoms with Crippen molar-refractivity contribution in [1.82, 2.24) is 10.6 Å². The number of nitrogens with one attached hydrogen (secondary N) is 2. The molecule has 0 fully saturated rings. The smallest absolute Gasteiger partial charge is 0.314 e. The van der Waals surface area contributed by atoms with Crippen LogP contribution < -0.4 is 10.6 Å². The second-order valence-electron chi connectivity index (χ2n) is 4.19. The molecule has 6 heteroatoms. The zero-order valence-electron chi connectivity index (χ0n) is 10.9. The maximum Gasteiger partial charge on any atom is 0.314 e. The number of carbonyl (C=O) groups is 1. The number of aryl methyl sites for hydroxylation is 1. The molecule has 0 aromatic heterocycles. The number of hydrogen-bond acceptors (Lipinski definition) is 2. The molecule has 0 heterocycles. The maximum atomic E-state index is 11.4. The molecule has 0 saturated carbocycles. The molecule has 19 heavy (non-hydrogen) atoms. The van der Waals surface area contributed by atoms with Gasteiger partial charge in [-0.3, -0.25) is 4.21 Å². The predicted octanol–water partition coefficient (Wildman–Crippen LogP) is 2.06. The number of rotatable bonds is 7. The summed E-state index contributed by atoms with van der Waals surface area (Å²) in [6.07, 6.45) is 3.44. The molecule has 0 aliphatic heterocycles. The van der Waals surface area contributed by atoms with Gasteiger partial charge in [0.05, 0.1) is 0 Å². The van der Waals surface area contributed by atoms with Crippen LogP contribution in [0.25, 0.3) is 0 Å². The summed E-state index contributed by atoms with van der Waals surface area (Å²) in [5, 5.41) is 5.45. The third-order valence-corrected chi connectivity index (χ3v) is 3.76. The van der Waals surface area contributed by atoms with Crippen LogP contribution in [0.1, 0.15) is 12.0 Å². The lowest BCUT2D eigenvalue weighted by atomic mass is 10.1. The van der Waals surface area contributed by atoms with E-state index in [9.17, 15) is 9.00 Å². The molecular formula is C13H19BrN2O2S. The molecule has 2 N–H and O–H groups in total. The third kappa shape index (κ3) is 8.00. The van der Waals surface area contributed by atoms with Crippen LogP contribution in [0.2, 0.25) is 0 Å². The van der Waals surface area contributed by atoms with Crippen molar-refractivity contribution < 1.29 is 9.00 Å². The summed E-state index contributed by atoms with van der Waals surface area (Å²) in [5.74, 6) is 0.492. The van der Waals surface area contributed by atoms with Gasteiger partial charge in [-0.2, -0.15) is 0 Å². The van der Waals surface area contributed by atoms with E-state index in [0.717, 1.165) is 17.3 Å². The quantitative estimate of drug-likeness (QED) is 0.742. The number of halogens is 1. The van der Waals surface area contributed by atoms with Gasteiger partial charge in [0.2, 0.25) is 0 Å². The van der Waals surface area contributed by atoms with Crippen LogP contribution in [0.3, 0.4) is 0 Å². The number of carbonyl (C=O) groups excluding carboxylic acids is 1. The van der Waals surface area contributed by atoms with Crippen molar-refractivity contribution in [2.24, 2.45) is 0 Å². The first-order chi connectivity index (χ1) is 9.08. The van der Waals surface area contributed by atoms with Crippen LogP contribution in [0.15, 0.2) is 28.7 Å². The predicted molar refractivity (Wildman–Crippen MR) is 82.8 cm³/mol. The van der Waals surface area contributed by atoms with E-state index >= 15 is 0 Å². The summed E-state index contributed by atoms with van der Waals surface area (Å²) in [7, 11) is -0.863. The van der Waals surface area contributed by atoms with Gasteiger partial charge in [-0.15, -0.1) is 0 Å². The van der Waals surface area contributed by atoms with E-state index in [1.54, 1.807) is 6.26 Å². The largest absolute Gasteiger partial charge is 0.338 e. The Bertz CT molecular complexity index is 440. The highest BCUT2D eigenvalue weighted by atomic mass is 79.9. The van der Waals surface area contributed by atoms with Crippen molar-refractivity contribution in [2.75, 3.05) is 25.1 Å². The minimum absolute atomic E-state index is 0.195. The monoisotopic (exact) mass is 346 g/mol. The normalized spacial score (nSPS) is 11.9. The van der Waals surface area contributed by atoms with E-state index in [-0.39, 0.29) is 6.03 Å². The Hall–Kier alpha value is -0.880. The van der Waals surface area contributed by atoms with Crippen LogP contribution in [0.5, 0.6) is 0 Å². The summed E-state index contributed by atoms with van der Waals surface area (Å²) >= 11 is 3.43. The van der Waals surface area contributed by atoms with Gasteiger partial charge < -0.3 is 10.6 Å². The molecule has 0 saturated heterocycles. The first-order valence-electron chi connectivity index (χ1n) is 6.14. The third-order valence-electron chi connectivity index (χ3n) is 2.49. The molecular weight excluding hydrogens is 328 g/mol. The first kappa shape index (κ1) is 16.2. The van der Waals surface area contributed by atoms with Gasteiger partial charge in [0, 0.05) is 40.4 Å². The average Bonchev–Trinajstić information content (AvgIpc) is 2.34. The molecule has 1 rings (SSSR count). The van der Waals surface area contributed by atoms with E-state index in [1.165, 1.54) is 5.56 Å².